The molecule has 1 atom stereocenters. The first-order valence-electron chi connectivity index (χ1n) is 7.26. The molecule has 6 nitrogen and oxygen atoms in total. The quantitative estimate of drug-likeness (QED) is 0.917. The number of nitrogens with zero attached hydrogens (tertiary/aromatic N) is 3. The van der Waals surface area contributed by atoms with Crippen LogP contribution in [0.25, 0.3) is 0 Å². The summed E-state index contributed by atoms with van der Waals surface area (Å²) in [6.45, 7) is 2.34. The van der Waals surface area contributed by atoms with Crippen molar-refractivity contribution in [3.63, 3.8) is 0 Å². The van der Waals surface area contributed by atoms with E-state index in [-0.39, 0.29) is 30.1 Å². The van der Waals surface area contributed by atoms with Crippen molar-refractivity contribution < 1.29 is 22.7 Å². The highest BCUT2D eigenvalue weighted by Gasteiger charge is 2.33. The standard InChI is InChI=1S/C14H19F3N4O2/c1-9-6-11(14(15,16)17)20-12(19-9)7-18-13(22)21-5-3-4-10(21)8-23-2/h6,10H,3-5,7-8H2,1-2H3,(H,18,22)/t10-/m0/s1. The van der Waals surface area contributed by atoms with Gasteiger partial charge in [0, 0.05) is 19.3 Å². The minimum absolute atomic E-state index is 0.0100. The van der Waals surface area contributed by atoms with Crippen molar-refractivity contribution in [2.75, 3.05) is 20.3 Å². The number of alkyl halides is 3. The lowest BCUT2D eigenvalue weighted by Crippen LogP contribution is -2.44. The number of carbonyl (C=O) groups is 1. The van der Waals surface area contributed by atoms with Gasteiger partial charge in [-0.3, -0.25) is 0 Å². The van der Waals surface area contributed by atoms with Crippen LogP contribution in [0.1, 0.15) is 30.1 Å². The summed E-state index contributed by atoms with van der Waals surface area (Å²) in [5.41, 5.74) is -0.803. The maximum absolute atomic E-state index is 12.7. The van der Waals surface area contributed by atoms with Crippen molar-refractivity contribution in [3.05, 3.63) is 23.3 Å². The molecule has 2 heterocycles. The maximum Gasteiger partial charge on any atom is 0.433 e. The highest BCUT2D eigenvalue weighted by Crippen LogP contribution is 2.27. The van der Waals surface area contributed by atoms with E-state index in [1.807, 2.05) is 0 Å². The van der Waals surface area contributed by atoms with Crippen LogP contribution in [0, 0.1) is 6.92 Å². The Morgan fingerprint density at radius 3 is 2.87 bits per heavy atom. The van der Waals surface area contributed by atoms with Crippen LogP contribution in [0.2, 0.25) is 0 Å². The Morgan fingerprint density at radius 2 is 2.22 bits per heavy atom. The van der Waals surface area contributed by atoms with Crippen LogP contribution < -0.4 is 5.32 Å². The number of methoxy groups -OCH3 is 1. The second kappa shape index (κ2) is 7.12. The molecule has 128 valence electrons. The molecule has 0 unspecified atom stereocenters. The van der Waals surface area contributed by atoms with Gasteiger partial charge in [-0.25, -0.2) is 14.8 Å². The van der Waals surface area contributed by atoms with Gasteiger partial charge in [0.05, 0.1) is 19.2 Å². The summed E-state index contributed by atoms with van der Waals surface area (Å²) in [7, 11) is 1.56. The molecule has 1 N–H and O–H groups in total. The maximum atomic E-state index is 12.7. The number of urea groups is 1. The summed E-state index contributed by atoms with van der Waals surface area (Å²) in [6, 6.07) is 0.521. The lowest BCUT2D eigenvalue weighted by Gasteiger charge is -2.24. The molecule has 9 heteroatoms. The van der Waals surface area contributed by atoms with Gasteiger partial charge in [-0.05, 0) is 25.8 Å². The van der Waals surface area contributed by atoms with Gasteiger partial charge in [-0.1, -0.05) is 0 Å². The Labute approximate surface area is 132 Å². The average molecular weight is 332 g/mol. The van der Waals surface area contributed by atoms with Crippen molar-refractivity contribution in [1.29, 1.82) is 0 Å². The number of halogens is 3. The zero-order valence-corrected chi connectivity index (χ0v) is 13.0. The van der Waals surface area contributed by atoms with Crippen molar-refractivity contribution >= 4 is 6.03 Å². The summed E-state index contributed by atoms with van der Waals surface area (Å²) >= 11 is 0. The van der Waals surface area contributed by atoms with Crippen LogP contribution in [0.5, 0.6) is 0 Å². The normalized spacial score (nSPS) is 18.3. The molecule has 2 rings (SSSR count). The van der Waals surface area contributed by atoms with Crippen LogP contribution >= 0.6 is 0 Å². The summed E-state index contributed by atoms with van der Waals surface area (Å²) in [4.78, 5) is 21.2. The number of carbonyl (C=O) groups excluding carboxylic acids is 1. The lowest BCUT2D eigenvalue weighted by molar-refractivity contribution is -0.141. The smallest absolute Gasteiger partial charge is 0.383 e. The predicted octanol–water partition coefficient (Wildman–Crippen LogP) is 2.12. The Bertz CT molecular complexity index is 565. The van der Waals surface area contributed by atoms with Gasteiger partial charge in [0.1, 0.15) is 11.5 Å². The third-order valence-electron chi connectivity index (χ3n) is 3.59. The van der Waals surface area contributed by atoms with Crippen molar-refractivity contribution in [2.45, 2.75) is 38.5 Å². The number of hydrogen-bond donors (Lipinski definition) is 1. The summed E-state index contributed by atoms with van der Waals surface area (Å²) < 4.78 is 43.3. The van der Waals surface area contributed by atoms with Crippen LogP contribution in [-0.4, -0.2) is 47.2 Å². The molecule has 23 heavy (non-hydrogen) atoms. The third kappa shape index (κ3) is 4.54. The molecule has 1 saturated heterocycles. The van der Waals surface area contributed by atoms with Crippen molar-refractivity contribution in [2.24, 2.45) is 0 Å². The fourth-order valence-corrected chi connectivity index (χ4v) is 2.58. The van der Waals surface area contributed by atoms with E-state index in [0.717, 1.165) is 18.9 Å². The number of amides is 2. The molecule has 0 aliphatic carbocycles. The highest BCUT2D eigenvalue weighted by atomic mass is 19.4. The minimum Gasteiger partial charge on any atom is -0.383 e. The Hall–Kier alpha value is -1.90. The number of likely N-dealkylation sites (tertiary alicyclic amines) is 1. The molecular formula is C14H19F3N4O2. The molecule has 0 spiro atoms. The molecule has 1 aliphatic rings. The summed E-state index contributed by atoms with van der Waals surface area (Å²) in [5.74, 6) is -0.0619. The Kier molecular flexibility index (Phi) is 5.40. The SMILES string of the molecule is COC[C@@H]1CCCN1C(=O)NCc1nc(C)cc(C(F)(F)F)n1. The number of hydrogen-bond acceptors (Lipinski definition) is 4. The van der Waals surface area contributed by atoms with Crippen LogP contribution in [0.15, 0.2) is 6.07 Å². The van der Waals surface area contributed by atoms with Crippen LogP contribution in [-0.2, 0) is 17.5 Å². The second-order valence-electron chi connectivity index (χ2n) is 5.41. The van der Waals surface area contributed by atoms with E-state index in [0.29, 0.717) is 13.2 Å². The van der Waals surface area contributed by atoms with Crippen LogP contribution in [0.3, 0.4) is 0 Å². The highest BCUT2D eigenvalue weighted by molar-refractivity contribution is 5.74. The van der Waals surface area contributed by atoms with Gasteiger partial charge in [0.25, 0.3) is 0 Å². The Balaban J connectivity index is 2.00. The van der Waals surface area contributed by atoms with Gasteiger partial charge in [0.15, 0.2) is 0 Å². The number of rotatable bonds is 4. The zero-order valence-electron chi connectivity index (χ0n) is 13.0. The van der Waals surface area contributed by atoms with E-state index in [2.05, 4.69) is 15.3 Å². The van der Waals surface area contributed by atoms with Crippen LogP contribution in [0.4, 0.5) is 18.0 Å². The third-order valence-corrected chi connectivity index (χ3v) is 3.59. The summed E-state index contributed by atoms with van der Waals surface area (Å²) in [6.07, 6.45) is -2.81. The first-order valence-corrected chi connectivity index (χ1v) is 7.26. The molecule has 1 aliphatic heterocycles. The van der Waals surface area contributed by atoms with E-state index in [1.165, 1.54) is 6.92 Å². The molecule has 1 aromatic heterocycles. The summed E-state index contributed by atoms with van der Waals surface area (Å²) in [5, 5.41) is 2.57. The predicted molar refractivity (Wildman–Crippen MR) is 75.6 cm³/mol. The van der Waals surface area contributed by atoms with E-state index >= 15 is 0 Å². The largest absolute Gasteiger partial charge is 0.433 e. The molecule has 0 bridgehead atoms. The monoisotopic (exact) mass is 332 g/mol. The van der Waals surface area contributed by atoms with E-state index in [9.17, 15) is 18.0 Å². The van der Waals surface area contributed by atoms with Crippen molar-refractivity contribution in [3.8, 4) is 0 Å². The number of ether oxygens (including phenoxy) is 1. The van der Waals surface area contributed by atoms with E-state index < -0.39 is 11.9 Å². The Morgan fingerprint density at radius 1 is 1.48 bits per heavy atom. The number of aryl methyl sites for hydroxylation is 1. The number of aromatic nitrogens is 2. The van der Waals surface area contributed by atoms with Gasteiger partial charge in [-0.15, -0.1) is 0 Å². The van der Waals surface area contributed by atoms with E-state index in [4.69, 9.17) is 4.74 Å². The molecule has 1 fully saturated rings. The van der Waals surface area contributed by atoms with Gasteiger partial charge in [-0.2, -0.15) is 13.2 Å². The first-order chi connectivity index (χ1) is 10.8. The fraction of sp³-hybridized carbons (Fsp3) is 0.643. The van der Waals surface area contributed by atoms with Gasteiger partial charge >= 0.3 is 12.2 Å². The molecule has 2 amide bonds. The molecule has 0 radical (unpaired) electrons. The lowest BCUT2D eigenvalue weighted by atomic mass is 10.2. The first kappa shape index (κ1) is 17.5. The fourth-order valence-electron chi connectivity index (χ4n) is 2.58. The topological polar surface area (TPSA) is 67.3 Å². The number of nitrogens with one attached hydrogen (secondary N) is 1. The minimum atomic E-state index is -4.54. The molecule has 0 saturated carbocycles. The van der Waals surface area contributed by atoms with E-state index in [1.54, 1.807) is 12.0 Å². The molecular weight excluding hydrogens is 313 g/mol. The zero-order chi connectivity index (χ0) is 17.0. The van der Waals surface area contributed by atoms with Gasteiger partial charge in [0.2, 0.25) is 0 Å². The van der Waals surface area contributed by atoms with Gasteiger partial charge < -0.3 is 15.0 Å². The second-order valence-corrected chi connectivity index (χ2v) is 5.41. The average Bonchev–Trinajstić information content (AvgIpc) is 2.92. The van der Waals surface area contributed by atoms with Crippen molar-refractivity contribution in [1.82, 2.24) is 20.2 Å². The molecule has 0 aromatic carbocycles. The molecule has 1 aromatic rings.